The molecule has 0 bridgehead atoms. The average molecular weight is 498 g/mol. The van der Waals surface area contributed by atoms with Gasteiger partial charge in [-0.25, -0.2) is 0 Å². The highest BCUT2D eigenvalue weighted by Gasteiger charge is 2.34. The molecule has 0 spiro atoms. The zero-order chi connectivity index (χ0) is 26.4. The second kappa shape index (κ2) is 12.6. The molecule has 198 valence electrons. The standard InChI is InChI=1S/C30H43NO5/c1-8-19(2)15-20(3)16-22(5)29-21(4)9-14-26(36-29)27-28(32)25(17-31(6)30(27)33)23-10-12-24(13-11-23)35-18-34-7/h10-13,16-17,19-21,26,29,32H,8-9,14-15,18H2,1-7H3/b22-16+/t19-,20+,21+,26-,29+/m1/s1. The van der Waals surface area contributed by atoms with Crippen molar-refractivity contribution in [2.24, 2.45) is 24.8 Å². The molecule has 5 atom stereocenters. The summed E-state index contributed by atoms with van der Waals surface area (Å²) in [4.78, 5) is 13.2. The van der Waals surface area contributed by atoms with Crippen molar-refractivity contribution in [3.05, 3.63) is 58.0 Å². The summed E-state index contributed by atoms with van der Waals surface area (Å²) in [7, 11) is 3.29. The molecule has 1 aliphatic rings. The number of aryl methyl sites for hydroxylation is 1. The molecule has 1 N–H and O–H groups in total. The van der Waals surface area contributed by atoms with Gasteiger partial charge in [0.25, 0.3) is 5.56 Å². The fraction of sp³-hybridized carbons (Fsp3) is 0.567. The van der Waals surface area contributed by atoms with Crippen LogP contribution in [0, 0.1) is 17.8 Å². The quantitative estimate of drug-likeness (QED) is 0.295. The Morgan fingerprint density at radius 1 is 1.25 bits per heavy atom. The lowest BCUT2D eigenvalue weighted by Crippen LogP contribution is -2.34. The van der Waals surface area contributed by atoms with Gasteiger partial charge in [0, 0.05) is 25.9 Å². The van der Waals surface area contributed by atoms with E-state index in [-0.39, 0.29) is 24.2 Å². The first-order chi connectivity index (χ1) is 17.2. The molecule has 36 heavy (non-hydrogen) atoms. The van der Waals surface area contributed by atoms with E-state index in [0.717, 1.165) is 18.4 Å². The highest BCUT2D eigenvalue weighted by Crippen LogP contribution is 2.42. The molecule has 1 saturated heterocycles. The van der Waals surface area contributed by atoms with Crippen molar-refractivity contribution in [1.82, 2.24) is 4.57 Å². The maximum Gasteiger partial charge on any atom is 0.259 e. The van der Waals surface area contributed by atoms with Gasteiger partial charge in [0.2, 0.25) is 0 Å². The number of nitrogens with zero attached hydrogens (tertiary/aromatic N) is 1. The van der Waals surface area contributed by atoms with Crippen molar-refractivity contribution in [3.8, 4) is 22.6 Å². The number of ether oxygens (including phenoxy) is 3. The second-order valence-corrected chi connectivity index (χ2v) is 10.5. The number of benzene rings is 1. The van der Waals surface area contributed by atoms with E-state index >= 15 is 0 Å². The summed E-state index contributed by atoms with van der Waals surface area (Å²) in [6.07, 6.45) is 7.43. The van der Waals surface area contributed by atoms with Crippen LogP contribution < -0.4 is 10.3 Å². The predicted molar refractivity (Wildman–Crippen MR) is 144 cm³/mol. The molecule has 2 aromatic rings. The molecule has 0 aliphatic carbocycles. The van der Waals surface area contributed by atoms with Crippen LogP contribution in [0.25, 0.3) is 11.1 Å². The summed E-state index contributed by atoms with van der Waals surface area (Å²) in [6, 6.07) is 7.38. The normalized spacial score (nSPS) is 22.3. The largest absolute Gasteiger partial charge is 0.507 e. The summed E-state index contributed by atoms with van der Waals surface area (Å²) in [6.45, 7) is 11.3. The number of aromatic nitrogens is 1. The molecule has 0 radical (unpaired) electrons. The molecule has 3 rings (SSSR count). The third kappa shape index (κ3) is 6.60. The SMILES string of the molecule is CC[C@@H](C)C[C@H](C)/C=C(\C)[C@H]1O[C@@H](c2c(O)c(-c3ccc(OCOC)cc3)cn(C)c2=O)CC[C@@H]1C. The monoisotopic (exact) mass is 497 g/mol. The second-order valence-electron chi connectivity index (χ2n) is 10.5. The maximum atomic E-state index is 13.2. The highest BCUT2D eigenvalue weighted by molar-refractivity contribution is 5.71. The van der Waals surface area contributed by atoms with Gasteiger partial charge in [-0.2, -0.15) is 0 Å². The third-order valence-corrected chi connectivity index (χ3v) is 7.39. The molecular weight excluding hydrogens is 454 g/mol. The number of pyridine rings is 1. The Bertz CT molecular complexity index is 1090. The van der Waals surface area contributed by atoms with Crippen molar-refractivity contribution in [1.29, 1.82) is 0 Å². The summed E-state index contributed by atoms with van der Waals surface area (Å²) >= 11 is 0. The molecule has 0 unspecified atom stereocenters. The number of hydrogen-bond donors (Lipinski definition) is 1. The van der Waals surface area contributed by atoms with Crippen LogP contribution in [0.5, 0.6) is 11.5 Å². The number of methoxy groups -OCH3 is 1. The topological polar surface area (TPSA) is 69.9 Å². The lowest BCUT2D eigenvalue weighted by molar-refractivity contribution is -0.0631. The van der Waals surface area contributed by atoms with Crippen LogP contribution in [0.15, 0.2) is 46.9 Å². The Balaban J connectivity index is 1.90. The van der Waals surface area contributed by atoms with Crippen molar-refractivity contribution < 1.29 is 19.3 Å². The number of hydrogen-bond acceptors (Lipinski definition) is 5. The van der Waals surface area contributed by atoms with Gasteiger partial charge < -0.3 is 23.9 Å². The third-order valence-electron chi connectivity index (χ3n) is 7.39. The zero-order valence-electron chi connectivity index (χ0n) is 22.9. The molecule has 6 heteroatoms. The van der Waals surface area contributed by atoms with Crippen LogP contribution in [0.4, 0.5) is 0 Å². The Morgan fingerprint density at radius 3 is 2.58 bits per heavy atom. The first-order valence-electron chi connectivity index (χ1n) is 13.1. The molecule has 2 heterocycles. The number of allylic oxidation sites excluding steroid dienone is 1. The molecule has 1 aromatic heterocycles. The van der Waals surface area contributed by atoms with E-state index in [1.54, 1.807) is 20.4 Å². The minimum absolute atomic E-state index is 0.00580. The minimum Gasteiger partial charge on any atom is -0.507 e. The smallest absolute Gasteiger partial charge is 0.259 e. The van der Waals surface area contributed by atoms with Gasteiger partial charge in [-0.1, -0.05) is 52.3 Å². The van der Waals surface area contributed by atoms with Gasteiger partial charge >= 0.3 is 0 Å². The van der Waals surface area contributed by atoms with Gasteiger partial charge in [-0.3, -0.25) is 4.79 Å². The zero-order valence-corrected chi connectivity index (χ0v) is 22.9. The molecule has 1 aromatic carbocycles. The highest BCUT2D eigenvalue weighted by atomic mass is 16.7. The van der Waals surface area contributed by atoms with E-state index in [2.05, 4.69) is 40.7 Å². The molecule has 1 aliphatic heterocycles. The van der Waals surface area contributed by atoms with Crippen LogP contribution in [0.3, 0.4) is 0 Å². The van der Waals surface area contributed by atoms with Crippen LogP contribution >= 0.6 is 0 Å². The van der Waals surface area contributed by atoms with Gasteiger partial charge in [0.15, 0.2) is 6.79 Å². The predicted octanol–water partition coefficient (Wildman–Crippen LogP) is 6.62. The van der Waals surface area contributed by atoms with E-state index in [1.807, 2.05) is 24.3 Å². The fourth-order valence-electron chi connectivity index (χ4n) is 5.24. The molecule has 1 fully saturated rings. The summed E-state index contributed by atoms with van der Waals surface area (Å²) in [5, 5.41) is 11.3. The van der Waals surface area contributed by atoms with E-state index in [1.165, 1.54) is 16.6 Å². The minimum atomic E-state index is -0.456. The van der Waals surface area contributed by atoms with Gasteiger partial charge in [0.1, 0.15) is 11.5 Å². The maximum absolute atomic E-state index is 13.2. The lowest BCUT2D eigenvalue weighted by atomic mass is 9.85. The van der Waals surface area contributed by atoms with Crippen LogP contribution in [0.2, 0.25) is 0 Å². The fourth-order valence-corrected chi connectivity index (χ4v) is 5.24. The van der Waals surface area contributed by atoms with E-state index < -0.39 is 6.10 Å². The van der Waals surface area contributed by atoms with Crippen LogP contribution in [-0.4, -0.2) is 29.7 Å². The molecular formula is C30H43NO5. The molecule has 6 nitrogen and oxygen atoms in total. The Hall–Kier alpha value is -2.57. The van der Waals surface area contributed by atoms with Gasteiger partial charge in [-0.15, -0.1) is 0 Å². The van der Waals surface area contributed by atoms with Crippen molar-refractivity contribution >= 4 is 0 Å². The average Bonchev–Trinajstić information content (AvgIpc) is 2.86. The van der Waals surface area contributed by atoms with E-state index in [9.17, 15) is 9.90 Å². The van der Waals surface area contributed by atoms with Crippen LogP contribution in [0.1, 0.15) is 72.0 Å². The van der Waals surface area contributed by atoms with Crippen molar-refractivity contribution in [2.45, 2.75) is 72.5 Å². The Morgan fingerprint density at radius 2 is 1.94 bits per heavy atom. The van der Waals surface area contributed by atoms with Gasteiger partial charge in [0.05, 0.1) is 17.8 Å². The van der Waals surface area contributed by atoms with Crippen molar-refractivity contribution in [2.75, 3.05) is 13.9 Å². The first-order valence-corrected chi connectivity index (χ1v) is 13.1. The number of aromatic hydroxyl groups is 1. The molecule has 0 amide bonds. The van der Waals surface area contributed by atoms with E-state index in [0.29, 0.717) is 41.1 Å². The summed E-state index contributed by atoms with van der Waals surface area (Å²) < 4.78 is 18.5. The Kier molecular flexibility index (Phi) is 9.80. The van der Waals surface area contributed by atoms with Gasteiger partial charge in [-0.05, 0) is 67.2 Å². The Labute approximate surface area is 215 Å². The van der Waals surface area contributed by atoms with E-state index in [4.69, 9.17) is 14.2 Å². The number of rotatable bonds is 10. The summed E-state index contributed by atoms with van der Waals surface area (Å²) in [5.74, 6) is 2.17. The van der Waals surface area contributed by atoms with Crippen LogP contribution in [-0.2, 0) is 16.5 Å². The lowest BCUT2D eigenvalue weighted by Gasteiger charge is -2.36. The summed E-state index contributed by atoms with van der Waals surface area (Å²) in [5.41, 5.74) is 2.72. The van der Waals surface area contributed by atoms with Crippen molar-refractivity contribution in [3.63, 3.8) is 0 Å². The molecule has 0 saturated carbocycles. The first kappa shape index (κ1) is 28.0.